The predicted molar refractivity (Wildman–Crippen MR) is 73.0 cm³/mol. The molecule has 1 amide bonds. The second-order valence-electron chi connectivity index (χ2n) is 5.30. The zero-order valence-corrected chi connectivity index (χ0v) is 11.5. The van der Waals surface area contributed by atoms with Crippen LogP contribution in [0, 0.1) is 23.2 Å². The van der Waals surface area contributed by atoms with E-state index in [9.17, 15) is 4.79 Å². The Labute approximate surface area is 115 Å². The molecule has 4 heteroatoms. The zero-order valence-electron chi connectivity index (χ0n) is 11.5. The lowest BCUT2D eigenvalue weighted by atomic mass is 10.2. The fraction of sp³-hybridized carbons (Fsp3) is 0.733. The van der Waals surface area contributed by atoms with Gasteiger partial charge in [-0.2, -0.15) is 5.26 Å². The minimum absolute atomic E-state index is 0.0173. The fourth-order valence-electron chi connectivity index (χ4n) is 3.05. The summed E-state index contributed by atoms with van der Waals surface area (Å²) in [7, 11) is 0. The summed E-state index contributed by atoms with van der Waals surface area (Å²) >= 11 is 0. The van der Waals surface area contributed by atoms with Crippen LogP contribution in [0.25, 0.3) is 0 Å². The third kappa shape index (κ3) is 3.28. The number of nitrogens with one attached hydrogen (secondary N) is 1. The van der Waals surface area contributed by atoms with Gasteiger partial charge in [-0.25, -0.2) is 0 Å². The molecule has 1 saturated carbocycles. The zero-order chi connectivity index (χ0) is 13.7. The minimum atomic E-state index is -0.302. The Morgan fingerprint density at radius 2 is 1.95 bits per heavy atom. The van der Waals surface area contributed by atoms with Gasteiger partial charge in [0, 0.05) is 6.04 Å². The van der Waals surface area contributed by atoms with Gasteiger partial charge in [0.25, 0.3) is 0 Å². The van der Waals surface area contributed by atoms with Gasteiger partial charge in [-0.15, -0.1) is 5.92 Å². The molecule has 2 unspecified atom stereocenters. The van der Waals surface area contributed by atoms with E-state index < -0.39 is 0 Å². The summed E-state index contributed by atoms with van der Waals surface area (Å²) in [5.74, 6) is 5.92. The number of rotatable bonds is 3. The van der Waals surface area contributed by atoms with Crippen molar-refractivity contribution in [3.8, 4) is 17.9 Å². The first kappa shape index (κ1) is 13.9. The molecule has 19 heavy (non-hydrogen) atoms. The first-order valence-corrected chi connectivity index (χ1v) is 7.12. The third-order valence-corrected chi connectivity index (χ3v) is 4.03. The van der Waals surface area contributed by atoms with Gasteiger partial charge in [-0.05, 0) is 32.6 Å². The molecular formula is C15H21N3O. The van der Waals surface area contributed by atoms with E-state index in [-0.39, 0.29) is 18.0 Å². The van der Waals surface area contributed by atoms with Gasteiger partial charge in [0.2, 0.25) is 5.91 Å². The highest BCUT2D eigenvalue weighted by Gasteiger charge is 2.35. The lowest BCUT2D eigenvalue weighted by molar-refractivity contribution is -0.131. The van der Waals surface area contributed by atoms with Gasteiger partial charge < -0.3 is 10.2 Å². The molecule has 4 nitrogen and oxygen atoms in total. The van der Waals surface area contributed by atoms with Crippen LogP contribution in [0.5, 0.6) is 0 Å². The van der Waals surface area contributed by atoms with E-state index in [0.717, 1.165) is 25.7 Å². The molecule has 2 aliphatic rings. The molecule has 1 heterocycles. The van der Waals surface area contributed by atoms with Gasteiger partial charge in [0.15, 0.2) is 0 Å². The van der Waals surface area contributed by atoms with Gasteiger partial charge in [0.05, 0.1) is 18.7 Å². The first-order valence-electron chi connectivity index (χ1n) is 7.12. The average molecular weight is 259 g/mol. The molecule has 0 aromatic rings. The molecule has 1 saturated heterocycles. The van der Waals surface area contributed by atoms with Gasteiger partial charge >= 0.3 is 0 Å². The van der Waals surface area contributed by atoms with Crippen LogP contribution in [0.1, 0.15) is 45.4 Å². The maximum Gasteiger partial charge on any atom is 0.238 e. The number of amides is 1. The Balaban J connectivity index is 1.93. The molecule has 0 aromatic heterocycles. The Morgan fingerprint density at radius 3 is 2.58 bits per heavy atom. The Bertz CT molecular complexity index is 423. The van der Waals surface area contributed by atoms with Crippen LogP contribution in [0.2, 0.25) is 0 Å². The second kappa shape index (κ2) is 6.59. The molecule has 1 aliphatic heterocycles. The molecule has 102 valence electrons. The number of hydrogen-bond acceptors (Lipinski definition) is 3. The summed E-state index contributed by atoms with van der Waals surface area (Å²) in [5, 5.41) is 12.5. The maximum atomic E-state index is 12.3. The summed E-state index contributed by atoms with van der Waals surface area (Å²) in [4.78, 5) is 14.0. The van der Waals surface area contributed by atoms with Crippen molar-refractivity contribution in [2.24, 2.45) is 0 Å². The van der Waals surface area contributed by atoms with E-state index in [0.29, 0.717) is 12.6 Å². The molecule has 2 fully saturated rings. The van der Waals surface area contributed by atoms with Crippen LogP contribution in [-0.4, -0.2) is 35.5 Å². The molecular weight excluding hydrogens is 238 g/mol. The van der Waals surface area contributed by atoms with E-state index in [4.69, 9.17) is 5.26 Å². The lowest BCUT2D eigenvalue weighted by Crippen LogP contribution is -2.46. The van der Waals surface area contributed by atoms with Crippen LogP contribution in [-0.2, 0) is 4.79 Å². The molecule has 0 bridgehead atoms. The van der Waals surface area contributed by atoms with Crippen molar-refractivity contribution in [1.29, 1.82) is 5.26 Å². The normalized spacial score (nSPS) is 26.8. The minimum Gasteiger partial charge on any atom is -0.312 e. The van der Waals surface area contributed by atoms with Crippen molar-refractivity contribution in [3.05, 3.63) is 0 Å². The lowest BCUT2D eigenvalue weighted by Gasteiger charge is -2.25. The van der Waals surface area contributed by atoms with Gasteiger partial charge in [-0.1, -0.05) is 18.8 Å². The standard InChI is InChI=1S/C15H21N3O/c1-2-5-13-8-9-14(10-16)18(13)15(19)11-17-12-6-3-4-7-12/h12-14,17H,3-4,6-9,11H2,1H3. The highest BCUT2D eigenvalue weighted by Crippen LogP contribution is 2.24. The van der Waals surface area contributed by atoms with Crippen LogP contribution in [0.4, 0.5) is 0 Å². The van der Waals surface area contributed by atoms with Crippen LogP contribution in [0.3, 0.4) is 0 Å². The maximum absolute atomic E-state index is 12.3. The Hall–Kier alpha value is -1.52. The van der Waals surface area contributed by atoms with E-state index >= 15 is 0 Å². The summed E-state index contributed by atoms with van der Waals surface area (Å²) in [6.45, 7) is 2.11. The van der Waals surface area contributed by atoms with E-state index in [1.54, 1.807) is 11.8 Å². The predicted octanol–water partition coefficient (Wildman–Crippen LogP) is 1.43. The molecule has 0 spiro atoms. The highest BCUT2D eigenvalue weighted by atomic mass is 16.2. The number of nitriles is 1. The number of nitrogens with zero attached hydrogens (tertiary/aromatic N) is 2. The Kier molecular flexibility index (Phi) is 4.82. The molecule has 1 N–H and O–H groups in total. The molecule has 0 aromatic carbocycles. The summed E-state index contributed by atoms with van der Waals surface area (Å²) in [6, 6.07) is 2.32. The number of hydrogen-bond donors (Lipinski definition) is 1. The number of likely N-dealkylation sites (tertiary alicyclic amines) is 1. The number of carbonyl (C=O) groups excluding carboxylic acids is 1. The van der Waals surface area contributed by atoms with E-state index in [2.05, 4.69) is 23.2 Å². The van der Waals surface area contributed by atoms with Gasteiger partial charge in [-0.3, -0.25) is 4.79 Å². The Morgan fingerprint density at radius 1 is 1.26 bits per heavy atom. The first-order chi connectivity index (χ1) is 9.26. The van der Waals surface area contributed by atoms with E-state index in [1.165, 1.54) is 12.8 Å². The quantitative estimate of drug-likeness (QED) is 0.780. The average Bonchev–Trinajstić information content (AvgIpc) is 3.05. The SMILES string of the molecule is CC#CC1CCC(C#N)N1C(=O)CNC1CCCC1. The van der Waals surface area contributed by atoms with Crippen molar-refractivity contribution >= 4 is 5.91 Å². The molecule has 2 rings (SSSR count). The fourth-order valence-corrected chi connectivity index (χ4v) is 3.05. The van der Waals surface area contributed by atoms with Crippen molar-refractivity contribution < 1.29 is 4.79 Å². The van der Waals surface area contributed by atoms with Gasteiger partial charge in [0.1, 0.15) is 6.04 Å². The largest absolute Gasteiger partial charge is 0.312 e. The van der Waals surface area contributed by atoms with Crippen molar-refractivity contribution in [2.75, 3.05) is 6.54 Å². The van der Waals surface area contributed by atoms with Crippen LogP contribution in [0.15, 0.2) is 0 Å². The second-order valence-corrected chi connectivity index (χ2v) is 5.30. The number of carbonyl (C=O) groups is 1. The van der Waals surface area contributed by atoms with Crippen molar-refractivity contribution in [2.45, 2.75) is 63.6 Å². The third-order valence-electron chi connectivity index (χ3n) is 4.03. The molecule has 2 atom stereocenters. The molecule has 0 radical (unpaired) electrons. The molecule has 1 aliphatic carbocycles. The topological polar surface area (TPSA) is 56.1 Å². The summed E-state index contributed by atoms with van der Waals surface area (Å²) < 4.78 is 0. The van der Waals surface area contributed by atoms with Crippen LogP contribution < -0.4 is 5.32 Å². The van der Waals surface area contributed by atoms with Crippen molar-refractivity contribution in [1.82, 2.24) is 10.2 Å². The van der Waals surface area contributed by atoms with Crippen LogP contribution >= 0.6 is 0 Å². The summed E-state index contributed by atoms with van der Waals surface area (Å²) in [5.41, 5.74) is 0. The smallest absolute Gasteiger partial charge is 0.238 e. The summed E-state index contributed by atoms with van der Waals surface area (Å²) in [6.07, 6.45) is 6.38. The van der Waals surface area contributed by atoms with Crippen molar-refractivity contribution in [3.63, 3.8) is 0 Å². The highest BCUT2D eigenvalue weighted by molar-refractivity contribution is 5.80. The van der Waals surface area contributed by atoms with E-state index in [1.807, 2.05) is 0 Å². The monoisotopic (exact) mass is 259 g/mol.